The van der Waals surface area contributed by atoms with E-state index in [0.29, 0.717) is 5.92 Å². The Labute approximate surface area is 168 Å². The van der Waals surface area contributed by atoms with Crippen molar-refractivity contribution in [3.05, 3.63) is 59.2 Å². The molecule has 0 heterocycles. The first-order valence-electron chi connectivity index (χ1n) is 9.78. The summed E-state index contributed by atoms with van der Waals surface area (Å²) in [5.74, 6) is 0.247. The monoisotopic (exact) mass is 382 g/mol. The second-order valence-electron chi connectivity index (χ2n) is 7.81. The van der Waals surface area contributed by atoms with Gasteiger partial charge >= 0.3 is 0 Å². The van der Waals surface area contributed by atoms with Gasteiger partial charge in [-0.25, -0.2) is 0 Å². The van der Waals surface area contributed by atoms with Crippen LogP contribution in [0.15, 0.2) is 42.5 Å². The Morgan fingerprint density at radius 3 is 2.21 bits per heavy atom. The van der Waals surface area contributed by atoms with Crippen LogP contribution in [0.3, 0.4) is 0 Å². The third-order valence-corrected chi connectivity index (χ3v) is 5.30. The van der Waals surface area contributed by atoms with Gasteiger partial charge in [0.05, 0.1) is 7.05 Å². The quantitative estimate of drug-likeness (QED) is 0.689. The number of nitrogens with one attached hydrogen (secondary N) is 3. The fourth-order valence-corrected chi connectivity index (χ4v) is 2.91. The van der Waals surface area contributed by atoms with Crippen molar-refractivity contribution in [1.82, 2.24) is 0 Å². The first-order chi connectivity index (χ1) is 13.2. The lowest BCUT2D eigenvalue weighted by molar-refractivity contribution is -0.885. The second-order valence-corrected chi connectivity index (χ2v) is 7.81. The highest BCUT2D eigenvalue weighted by atomic mass is 16.2. The summed E-state index contributed by atoms with van der Waals surface area (Å²) in [6.07, 6.45) is 0. The van der Waals surface area contributed by atoms with E-state index in [0.717, 1.165) is 27.4 Å². The molecular weight excluding hydrogens is 350 g/mol. The fourth-order valence-electron chi connectivity index (χ4n) is 2.91. The molecule has 5 heteroatoms. The van der Waals surface area contributed by atoms with Crippen molar-refractivity contribution in [2.24, 2.45) is 0 Å². The number of hydrogen-bond acceptors (Lipinski definition) is 2. The zero-order chi connectivity index (χ0) is 20.8. The van der Waals surface area contributed by atoms with Crippen LogP contribution in [0, 0.1) is 13.8 Å². The molecule has 5 nitrogen and oxygen atoms in total. The lowest BCUT2D eigenvalue weighted by Gasteiger charge is -2.21. The van der Waals surface area contributed by atoms with Crippen molar-refractivity contribution in [3.63, 3.8) is 0 Å². The minimum Gasteiger partial charge on any atom is -0.321 e. The number of carbonyl (C=O) groups excluding carboxylic acids is 2. The number of rotatable bonds is 7. The molecule has 0 saturated heterocycles. The fraction of sp³-hybridized carbons (Fsp3) is 0.391. The van der Waals surface area contributed by atoms with E-state index in [2.05, 4.69) is 24.5 Å². The van der Waals surface area contributed by atoms with Gasteiger partial charge in [0.25, 0.3) is 11.8 Å². The lowest BCUT2D eigenvalue weighted by atomic mass is 10.0. The number of quaternary nitrogens is 1. The van der Waals surface area contributed by atoms with Gasteiger partial charge in [-0.05, 0) is 61.6 Å². The third-order valence-electron chi connectivity index (χ3n) is 5.30. The molecule has 1 unspecified atom stereocenters. The number of amides is 2. The van der Waals surface area contributed by atoms with Crippen LogP contribution in [0.5, 0.6) is 0 Å². The minimum atomic E-state index is -0.353. The Kier molecular flexibility index (Phi) is 7.35. The van der Waals surface area contributed by atoms with Crippen LogP contribution in [0.4, 0.5) is 11.4 Å². The number of benzene rings is 2. The maximum atomic E-state index is 12.5. The van der Waals surface area contributed by atoms with Gasteiger partial charge in [-0.1, -0.05) is 38.1 Å². The van der Waals surface area contributed by atoms with Gasteiger partial charge in [0, 0.05) is 11.4 Å². The highest BCUT2D eigenvalue weighted by Crippen LogP contribution is 2.18. The third kappa shape index (κ3) is 5.67. The molecule has 2 atom stereocenters. The van der Waals surface area contributed by atoms with Crippen molar-refractivity contribution in [3.8, 4) is 0 Å². The van der Waals surface area contributed by atoms with Crippen molar-refractivity contribution >= 4 is 23.2 Å². The van der Waals surface area contributed by atoms with Gasteiger partial charge in [0.1, 0.15) is 0 Å². The molecule has 0 saturated carbocycles. The summed E-state index contributed by atoms with van der Waals surface area (Å²) >= 11 is 0. The number of aryl methyl sites for hydroxylation is 1. The summed E-state index contributed by atoms with van der Waals surface area (Å²) < 4.78 is 0. The summed E-state index contributed by atoms with van der Waals surface area (Å²) in [7, 11) is 1.86. The van der Waals surface area contributed by atoms with Crippen molar-refractivity contribution < 1.29 is 14.5 Å². The zero-order valence-electron chi connectivity index (χ0n) is 17.7. The number of carbonyl (C=O) groups is 2. The first-order valence-corrected chi connectivity index (χ1v) is 9.78. The maximum absolute atomic E-state index is 12.5. The topological polar surface area (TPSA) is 62.6 Å². The lowest BCUT2D eigenvalue weighted by Crippen LogP contribution is -3.14. The van der Waals surface area contributed by atoms with Crippen LogP contribution < -0.4 is 15.5 Å². The molecule has 0 spiro atoms. The summed E-state index contributed by atoms with van der Waals surface area (Å²) in [5.41, 5.74) is 5.02. The smallest absolute Gasteiger partial charge is 0.282 e. The molecule has 0 aliphatic rings. The van der Waals surface area contributed by atoms with Crippen LogP contribution in [-0.2, 0) is 9.59 Å². The van der Waals surface area contributed by atoms with E-state index < -0.39 is 0 Å². The predicted molar refractivity (Wildman–Crippen MR) is 115 cm³/mol. The molecule has 0 fully saturated rings. The normalized spacial score (nSPS) is 13.1. The van der Waals surface area contributed by atoms with Crippen LogP contribution in [-0.4, -0.2) is 31.4 Å². The van der Waals surface area contributed by atoms with Crippen molar-refractivity contribution in [1.29, 1.82) is 0 Å². The molecule has 150 valence electrons. The van der Waals surface area contributed by atoms with E-state index in [1.165, 1.54) is 5.56 Å². The molecule has 0 aromatic heterocycles. The number of anilines is 2. The Balaban J connectivity index is 1.91. The molecule has 28 heavy (non-hydrogen) atoms. The van der Waals surface area contributed by atoms with Crippen LogP contribution in [0.25, 0.3) is 0 Å². The molecule has 2 aromatic rings. The van der Waals surface area contributed by atoms with Gasteiger partial charge in [0.2, 0.25) is 0 Å². The van der Waals surface area contributed by atoms with E-state index in [1.807, 2.05) is 70.3 Å². The number of likely N-dealkylation sites (N-methyl/N-ethyl adjacent to an activating group) is 1. The Morgan fingerprint density at radius 1 is 0.964 bits per heavy atom. The largest absolute Gasteiger partial charge is 0.321 e. The Morgan fingerprint density at radius 2 is 1.61 bits per heavy atom. The van der Waals surface area contributed by atoms with E-state index in [4.69, 9.17) is 0 Å². The van der Waals surface area contributed by atoms with Crippen LogP contribution in [0.2, 0.25) is 0 Å². The molecule has 0 aliphatic carbocycles. The zero-order valence-corrected chi connectivity index (χ0v) is 17.7. The minimum absolute atomic E-state index is 0.102. The molecule has 0 radical (unpaired) electrons. The van der Waals surface area contributed by atoms with Crippen LogP contribution in [0.1, 0.15) is 43.4 Å². The van der Waals surface area contributed by atoms with Gasteiger partial charge in [-0.2, -0.15) is 0 Å². The standard InChI is InChI=1S/C23H31N3O2/c1-15(2)19-10-12-20(13-11-19)24-23(28)18(5)26(6)14-22(27)25-21-9-7-8-16(3)17(21)4/h7-13,15,18H,14H2,1-6H3,(H,24,28)(H,25,27)/p+1/t18-/m1/s1. The maximum Gasteiger partial charge on any atom is 0.282 e. The van der Waals surface area contributed by atoms with Gasteiger partial charge in [0.15, 0.2) is 12.6 Å². The number of hydrogen-bond donors (Lipinski definition) is 3. The summed E-state index contributed by atoms with van der Waals surface area (Å²) in [6.45, 7) is 10.3. The molecular formula is C23H32N3O2+. The second kappa shape index (κ2) is 9.51. The van der Waals surface area contributed by atoms with E-state index in [-0.39, 0.29) is 24.4 Å². The van der Waals surface area contributed by atoms with Gasteiger partial charge < -0.3 is 15.5 Å². The summed E-state index contributed by atoms with van der Waals surface area (Å²) in [5, 5.41) is 5.89. The summed E-state index contributed by atoms with van der Waals surface area (Å²) in [6, 6.07) is 13.4. The van der Waals surface area contributed by atoms with E-state index in [9.17, 15) is 9.59 Å². The van der Waals surface area contributed by atoms with E-state index >= 15 is 0 Å². The van der Waals surface area contributed by atoms with E-state index in [1.54, 1.807) is 0 Å². The molecule has 2 rings (SSSR count). The average Bonchev–Trinajstić information content (AvgIpc) is 2.65. The predicted octanol–water partition coefficient (Wildman–Crippen LogP) is 2.91. The molecule has 0 aliphatic heterocycles. The molecule has 2 aromatic carbocycles. The molecule has 3 N–H and O–H groups in total. The molecule has 2 amide bonds. The van der Waals surface area contributed by atoms with Gasteiger partial charge in [-0.3, -0.25) is 9.59 Å². The Bertz CT molecular complexity index is 828. The Hall–Kier alpha value is -2.66. The SMILES string of the molecule is Cc1cccc(NC(=O)C[NH+](C)[C@H](C)C(=O)Nc2ccc(C(C)C)cc2)c1C. The first kappa shape index (κ1) is 21.6. The van der Waals surface area contributed by atoms with Gasteiger partial charge in [-0.15, -0.1) is 0 Å². The highest BCUT2D eigenvalue weighted by molar-refractivity contribution is 5.94. The molecule has 0 bridgehead atoms. The van der Waals surface area contributed by atoms with Crippen molar-refractivity contribution in [2.45, 2.75) is 46.6 Å². The highest BCUT2D eigenvalue weighted by Gasteiger charge is 2.24. The van der Waals surface area contributed by atoms with Crippen LogP contribution >= 0.6 is 0 Å². The summed E-state index contributed by atoms with van der Waals surface area (Å²) in [4.78, 5) is 25.8. The van der Waals surface area contributed by atoms with Crippen molar-refractivity contribution in [2.75, 3.05) is 24.2 Å². The average molecular weight is 383 g/mol.